The molecular weight excluding hydrogens is 454 g/mol. The number of sulfonamides is 1. The summed E-state index contributed by atoms with van der Waals surface area (Å²) in [6.45, 7) is 5.36. The van der Waals surface area contributed by atoms with E-state index in [0.29, 0.717) is 28.5 Å². The fourth-order valence-electron chi connectivity index (χ4n) is 3.04. The number of hydrogen-bond donors (Lipinski definition) is 1. The smallest absolute Gasteiger partial charge is 0.379 e. The van der Waals surface area contributed by atoms with Gasteiger partial charge >= 0.3 is 5.88 Å². The second kappa shape index (κ2) is 10.0. The van der Waals surface area contributed by atoms with Gasteiger partial charge in [0.1, 0.15) is 11.6 Å². The summed E-state index contributed by atoms with van der Waals surface area (Å²) in [7, 11) is -3.57. The Hall–Kier alpha value is -3.40. The number of hydrogen-bond acceptors (Lipinski definition) is 5. The van der Waals surface area contributed by atoms with Gasteiger partial charge in [0, 0.05) is 24.2 Å². The van der Waals surface area contributed by atoms with Crippen molar-refractivity contribution in [3.05, 3.63) is 71.1 Å². The summed E-state index contributed by atoms with van der Waals surface area (Å²) < 4.78 is 65.8. The highest BCUT2D eigenvalue weighted by molar-refractivity contribution is 7.92. The Bertz CT molecular complexity index is 1270. The molecule has 0 bridgehead atoms. The van der Waals surface area contributed by atoms with Gasteiger partial charge in [-0.05, 0) is 49.7 Å². The van der Waals surface area contributed by atoms with Crippen LogP contribution in [0.2, 0.25) is 0 Å². The Kier molecular flexibility index (Phi) is 7.37. The predicted octanol–water partition coefficient (Wildman–Crippen LogP) is 4.92. The summed E-state index contributed by atoms with van der Waals surface area (Å²) in [4.78, 5) is 0. The molecule has 0 radical (unpaired) electrons. The van der Waals surface area contributed by atoms with Gasteiger partial charge in [-0.3, -0.25) is 4.72 Å². The summed E-state index contributed by atoms with van der Waals surface area (Å²) in [5, 5.41) is 12.7. The van der Waals surface area contributed by atoms with Crippen LogP contribution < -0.4 is 18.9 Å². The van der Waals surface area contributed by atoms with E-state index in [0.717, 1.165) is 18.6 Å². The van der Waals surface area contributed by atoms with E-state index in [4.69, 9.17) is 9.47 Å². The molecule has 1 aromatic heterocycles. The van der Waals surface area contributed by atoms with Crippen molar-refractivity contribution in [2.24, 2.45) is 0 Å². The zero-order valence-electron chi connectivity index (χ0n) is 18.4. The van der Waals surface area contributed by atoms with Crippen LogP contribution in [0.5, 0.6) is 17.4 Å². The second-order valence-electron chi connectivity index (χ2n) is 7.21. The van der Waals surface area contributed by atoms with Gasteiger partial charge in [0.15, 0.2) is 11.6 Å². The van der Waals surface area contributed by atoms with Crippen LogP contribution in [-0.4, -0.2) is 20.8 Å². The third kappa shape index (κ3) is 5.70. The third-order valence-electron chi connectivity index (χ3n) is 4.78. The molecule has 0 spiro atoms. The Labute approximate surface area is 191 Å². The van der Waals surface area contributed by atoms with E-state index < -0.39 is 21.7 Å². The van der Waals surface area contributed by atoms with Gasteiger partial charge < -0.3 is 14.7 Å². The van der Waals surface area contributed by atoms with Crippen molar-refractivity contribution in [1.29, 1.82) is 0 Å². The van der Waals surface area contributed by atoms with Gasteiger partial charge in [0.25, 0.3) is 0 Å². The van der Waals surface area contributed by atoms with Gasteiger partial charge in [-0.1, -0.05) is 6.92 Å². The number of pyridine rings is 1. The van der Waals surface area contributed by atoms with Crippen molar-refractivity contribution in [1.82, 2.24) is 0 Å². The Morgan fingerprint density at radius 3 is 2.39 bits per heavy atom. The molecule has 0 aliphatic carbocycles. The first-order valence-electron chi connectivity index (χ1n) is 10.3. The largest absolute Gasteiger partial charge is 0.616 e. The van der Waals surface area contributed by atoms with Crippen LogP contribution in [0.25, 0.3) is 11.1 Å². The minimum atomic E-state index is -3.57. The molecular formula is C23H24F2N2O5S. The summed E-state index contributed by atoms with van der Waals surface area (Å²) in [5.41, 5.74) is 1.26. The lowest BCUT2D eigenvalue weighted by molar-refractivity contribution is -0.618. The van der Waals surface area contributed by atoms with Crippen LogP contribution in [-0.2, 0) is 10.0 Å². The molecule has 0 saturated carbocycles. The average molecular weight is 479 g/mol. The first-order chi connectivity index (χ1) is 15.6. The molecule has 2 aromatic carbocycles. The first kappa shape index (κ1) is 24.2. The van der Waals surface area contributed by atoms with E-state index in [1.165, 1.54) is 31.2 Å². The lowest BCUT2D eigenvalue weighted by atomic mass is 10.0. The Morgan fingerprint density at radius 2 is 1.73 bits per heavy atom. The van der Waals surface area contributed by atoms with Crippen LogP contribution in [0, 0.1) is 23.8 Å². The Morgan fingerprint density at radius 1 is 1.00 bits per heavy atom. The van der Waals surface area contributed by atoms with Crippen molar-refractivity contribution in [2.45, 2.75) is 27.2 Å². The SMILES string of the molecule is CCCOc1ccc(-c2cc(NS(=O)(=O)CC)ccc2Oc2ccc(F)cc2F)c(C)[n+]1[O-]. The number of anilines is 1. The molecule has 0 saturated heterocycles. The standard InChI is InChI=1S/C23H24F2N2O5S/c1-4-12-31-23-11-8-18(15(3)27(23)28)19-14-17(26-33(29,30)5-2)7-10-21(19)32-22-9-6-16(24)13-20(22)25/h6-11,13-14,26H,4-5,12H2,1-3H3. The molecule has 3 aromatic rings. The zero-order valence-corrected chi connectivity index (χ0v) is 19.2. The molecule has 1 N–H and O–H groups in total. The van der Waals surface area contributed by atoms with Crippen LogP contribution in [0.4, 0.5) is 14.5 Å². The maximum absolute atomic E-state index is 14.2. The van der Waals surface area contributed by atoms with E-state index in [9.17, 15) is 22.4 Å². The van der Waals surface area contributed by atoms with Crippen LogP contribution >= 0.6 is 0 Å². The van der Waals surface area contributed by atoms with Crippen molar-refractivity contribution in [3.8, 4) is 28.5 Å². The molecule has 0 fully saturated rings. The molecule has 1 heterocycles. The molecule has 33 heavy (non-hydrogen) atoms. The van der Waals surface area contributed by atoms with Gasteiger partial charge in [-0.2, -0.15) is 0 Å². The monoisotopic (exact) mass is 478 g/mol. The van der Waals surface area contributed by atoms with Crippen molar-refractivity contribution in [2.75, 3.05) is 17.1 Å². The number of ether oxygens (including phenoxy) is 2. The maximum Gasteiger partial charge on any atom is 0.379 e. The second-order valence-corrected chi connectivity index (χ2v) is 9.22. The fraction of sp³-hybridized carbons (Fsp3) is 0.261. The number of aromatic nitrogens is 1. The van der Waals surface area contributed by atoms with Crippen LogP contribution in [0.15, 0.2) is 48.5 Å². The summed E-state index contributed by atoms with van der Waals surface area (Å²) in [5.74, 6) is -1.76. The highest BCUT2D eigenvalue weighted by atomic mass is 32.2. The van der Waals surface area contributed by atoms with E-state index in [1.54, 1.807) is 13.0 Å². The molecule has 0 aliphatic rings. The molecule has 7 nitrogen and oxygen atoms in total. The molecule has 3 rings (SSSR count). The van der Waals surface area contributed by atoms with Crippen LogP contribution in [0.1, 0.15) is 26.0 Å². The first-order valence-corrected chi connectivity index (χ1v) is 11.9. The summed E-state index contributed by atoms with van der Waals surface area (Å²) >= 11 is 0. The van der Waals surface area contributed by atoms with E-state index in [-0.39, 0.29) is 34.5 Å². The highest BCUT2D eigenvalue weighted by Gasteiger charge is 2.21. The molecule has 0 amide bonds. The van der Waals surface area contributed by atoms with Gasteiger partial charge in [-0.15, -0.1) is 4.73 Å². The maximum atomic E-state index is 14.2. The molecule has 0 atom stereocenters. The Balaban J connectivity index is 2.12. The van der Waals surface area contributed by atoms with Gasteiger partial charge in [0.2, 0.25) is 15.7 Å². The normalized spacial score (nSPS) is 11.3. The van der Waals surface area contributed by atoms with Crippen molar-refractivity contribution >= 4 is 15.7 Å². The fourth-order valence-corrected chi connectivity index (χ4v) is 3.67. The summed E-state index contributed by atoms with van der Waals surface area (Å²) in [6.07, 6.45) is 0.724. The van der Waals surface area contributed by atoms with Gasteiger partial charge in [-0.25, -0.2) is 17.2 Å². The third-order valence-corrected chi connectivity index (χ3v) is 6.08. The lowest BCUT2D eigenvalue weighted by Gasteiger charge is -2.16. The number of nitrogens with one attached hydrogen (secondary N) is 1. The topological polar surface area (TPSA) is 91.6 Å². The minimum absolute atomic E-state index is 0.119. The van der Waals surface area contributed by atoms with Crippen LogP contribution in [0.3, 0.4) is 0 Å². The van der Waals surface area contributed by atoms with E-state index in [1.807, 2.05) is 6.92 Å². The van der Waals surface area contributed by atoms with Gasteiger partial charge in [0.05, 0.1) is 24.0 Å². The number of nitrogens with zero attached hydrogens (tertiary/aromatic N) is 1. The van der Waals surface area contributed by atoms with E-state index >= 15 is 0 Å². The quantitative estimate of drug-likeness (QED) is 0.348. The lowest BCUT2D eigenvalue weighted by Crippen LogP contribution is -2.33. The van der Waals surface area contributed by atoms with Crippen molar-refractivity contribution < 1.29 is 31.4 Å². The van der Waals surface area contributed by atoms with E-state index in [2.05, 4.69) is 4.72 Å². The summed E-state index contributed by atoms with van der Waals surface area (Å²) in [6, 6.07) is 10.4. The number of rotatable bonds is 9. The molecule has 10 heteroatoms. The number of halogens is 2. The molecule has 0 aliphatic heterocycles. The highest BCUT2D eigenvalue weighted by Crippen LogP contribution is 2.38. The average Bonchev–Trinajstić information content (AvgIpc) is 2.77. The predicted molar refractivity (Wildman–Crippen MR) is 121 cm³/mol. The minimum Gasteiger partial charge on any atom is -0.616 e. The molecule has 176 valence electrons. The zero-order chi connectivity index (χ0) is 24.2. The van der Waals surface area contributed by atoms with Crippen molar-refractivity contribution in [3.63, 3.8) is 0 Å². The number of benzene rings is 2. The molecule has 0 unspecified atom stereocenters.